The maximum Gasteiger partial charge on any atom is 0.411 e. The van der Waals surface area contributed by atoms with E-state index in [1.807, 2.05) is 91.0 Å². The van der Waals surface area contributed by atoms with Crippen molar-refractivity contribution in [2.24, 2.45) is 5.41 Å². The maximum atomic E-state index is 15.1. The van der Waals surface area contributed by atoms with Crippen LogP contribution in [0.25, 0.3) is 22.5 Å². The van der Waals surface area contributed by atoms with Crippen molar-refractivity contribution in [2.75, 3.05) is 6.61 Å². The number of guanidine groups is 1. The zero-order valence-corrected chi connectivity index (χ0v) is 32.3. The number of amides is 2. The second kappa shape index (κ2) is 13.5. The molecule has 3 heterocycles. The maximum absolute atomic E-state index is 15.1. The smallest absolute Gasteiger partial charge is 0.411 e. The van der Waals surface area contributed by atoms with Crippen molar-refractivity contribution in [1.82, 2.24) is 40.1 Å². The summed E-state index contributed by atoms with van der Waals surface area (Å²) < 4.78 is 50.4. The molecule has 0 radical (unpaired) electrons. The van der Waals surface area contributed by atoms with Crippen LogP contribution in [0, 0.1) is 10.8 Å². The van der Waals surface area contributed by atoms with Crippen molar-refractivity contribution < 1.29 is 27.5 Å². The molecule has 3 N–H and O–H groups in total. The third-order valence-corrected chi connectivity index (χ3v) is 10.6. The number of benzene rings is 2. The highest BCUT2D eigenvalue weighted by Gasteiger charge is 2.64. The third kappa shape index (κ3) is 7.49. The predicted octanol–water partition coefficient (Wildman–Crippen LogP) is 3.82. The van der Waals surface area contributed by atoms with Crippen LogP contribution in [0.3, 0.4) is 0 Å². The molecule has 0 unspecified atom stereocenters. The van der Waals surface area contributed by atoms with Crippen molar-refractivity contribution in [2.45, 2.75) is 87.5 Å². The van der Waals surface area contributed by atoms with E-state index in [-0.39, 0.29) is 25.2 Å². The molecule has 3 fully saturated rings. The van der Waals surface area contributed by atoms with Crippen LogP contribution in [0.4, 0.5) is 18.0 Å². The van der Waals surface area contributed by atoms with Crippen LogP contribution in [-0.4, -0.2) is 89.3 Å². The molecular formula is C36H42B3ClF3N9O3. The van der Waals surface area contributed by atoms with E-state index >= 15 is 4.79 Å². The standard InChI is InChI=1S/C36H42B3ClF3N9O3/c1-32(2,3)18-34(23-7-4-20(5-8-23)22-15-46-50(16-22)24-9-10-24)29(53)51(30(44)48-34)27(17-55-31(54)49-33(12-13-33)35(41,42)43)21-6-11-26(40)25(14-21)28-45-19-47-52(28)36(37,38)39/h4-8,11,14-16,19,24,27H,9-10,12-13,17-18,37-39H2,1-3H3,(H2,44,48)(H,49,54)/t27-,34-/m1/s1. The first-order valence-electron chi connectivity index (χ1n) is 18.3. The number of nitrogens with zero attached hydrogens (tertiary/aromatic N) is 6. The van der Waals surface area contributed by atoms with Gasteiger partial charge in [-0.3, -0.25) is 24.5 Å². The molecule has 2 atom stereocenters. The number of hydrogen-bond donors (Lipinski definition) is 3. The fourth-order valence-corrected chi connectivity index (χ4v) is 7.46. The number of aromatic nitrogens is 5. The summed E-state index contributed by atoms with van der Waals surface area (Å²) in [5.41, 5.74) is -0.848. The summed E-state index contributed by atoms with van der Waals surface area (Å²) in [5, 5.41) is 23.2. The molecule has 1 saturated heterocycles. The average Bonchev–Trinajstić information content (AvgIpc) is 3.96. The Kier molecular flexibility index (Phi) is 9.45. The van der Waals surface area contributed by atoms with Gasteiger partial charge in [0.05, 0.1) is 23.3 Å². The number of carbonyl (C=O) groups excluding carboxylic acids is 2. The van der Waals surface area contributed by atoms with Crippen LogP contribution in [0.5, 0.6) is 0 Å². The zero-order chi connectivity index (χ0) is 39.7. The van der Waals surface area contributed by atoms with Gasteiger partial charge in [-0.2, -0.15) is 23.4 Å². The highest BCUT2D eigenvalue weighted by molar-refractivity contribution is 6.56. The third-order valence-electron chi connectivity index (χ3n) is 10.3. The first-order valence-corrected chi connectivity index (χ1v) is 18.7. The largest absolute Gasteiger partial charge is 0.447 e. The highest BCUT2D eigenvalue weighted by atomic mass is 35.5. The molecule has 286 valence electrons. The number of ether oxygens (including phenoxy) is 1. The SMILES string of the molecule is BC(B)(B)n1ncnc1-c1cc([C@@H](COC(=O)NC2(C(F)(F)F)CC2)N2C(=N)N[C@](CC(C)(C)C)(c3ccc(-c4cnn(C5CC5)c4)cc3)C2=O)ccc1Cl. The fraction of sp³-hybridized carbons (Fsp3) is 0.444. The van der Waals surface area contributed by atoms with E-state index in [1.165, 1.54) is 11.2 Å². The number of alkyl halides is 3. The van der Waals surface area contributed by atoms with E-state index in [1.54, 1.807) is 22.9 Å². The molecule has 2 aromatic carbocycles. The van der Waals surface area contributed by atoms with Crippen LogP contribution in [0.15, 0.2) is 61.2 Å². The van der Waals surface area contributed by atoms with Gasteiger partial charge in [0.15, 0.2) is 11.8 Å². The van der Waals surface area contributed by atoms with E-state index in [0.717, 1.165) is 24.0 Å². The van der Waals surface area contributed by atoms with Crippen molar-refractivity contribution in [3.05, 3.63) is 77.3 Å². The number of alkyl carbamates (subject to hydrolysis) is 1. The molecular weight excluding hydrogens is 731 g/mol. The Balaban J connectivity index is 1.27. The molecule has 7 rings (SSSR count). The summed E-state index contributed by atoms with van der Waals surface area (Å²) in [6.07, 6.45) is 1.25. The predicted molar refractivity (Wildman–Crippen MR) is 209 cm³/mol. The van der Waals surface area contributed by atoms with Crippen molar-refractivity contribution in [3.63, 3.8) is 0 Å². The first-order chi connectivity index (χ1) is 25.7. The van der Waals surface area contributed by atoms with E-state index in [0.29, 0.717) is 33.6 Å². The molecule has 2 saturated carbocycles. The van der Waals surface area contributed by atoms with Gasteiger partial charge >= 0.3 is 12.3 Å². The van der Waals surface area contributed by atoms with E-state index < -0.39 is 52.6 Å². The molecule has 2 aliphatic carbocycles. The molecule has 0 spiro atoms. The molecule has 2 aromatic heterocycles. The summed E-state index contributed by atoms with van der Waals surface area (Å²) in [4.78, 5) is 33.8. The summed E-state index contributed by atoms with van der Waals surface area (Å²) in [7, 11) is 5.85. The molecule has 0 bridgehead atoms. The highest BCUT2D eigenvalue weighted by Crippen LogP contribution is 2.49. The quantitative estimate of drug-likeness (QED) is 0.197. The lowest BCUT2D eigenvalue weighted by molar-refractivity contribution is -0.164. The number of halogens is 4. The fourth-order valence-electron chi connectivity index (χ4n) is 7.25. The molecule has 19 heteroatoms. The van der Waals surface area contributed by atoms with Gasteiger partial charge in [0, 0.05) is 17.3 Å². The molecule has 4 aromatic rings. The minimum absolute atomic E-state index is 0.263. The minimum atomic E-state index is -4.66. The lowest BCUT2D eigenvalue weighted by atomic mass is 9.49. The van der Waals surface area contributed by atoms with Crippen LogP contribution in [0.1, 0.15) is 76.1 Å². The van der Waals surface area contributed by atoms with Gasteiger partial charge in [-0.05, 0) is 71.6 Å². The Morgan fingerprint density at radius 2 is 1.78 bits per heavy atom. The second-order valence-electron chi connectivity index (χ2n) is 17.0. The van der Waals surface area contributed by atoms with Gasteiger partial charge in [-0.15, -0.1) is 0 Å². The Labute approximate surface area is 324 Å². The molecule has 2 amide bonds. The van der Waals surface area contributed by atoms with E-state index in [4.69, 9.17) is 16.3 Å². The number of rotatable bonds is 11. The van der Waals surface area contributed by atoms with Crippen molar-refractivity contribution in [3.8, 4) is 22.5 Å². The molecule has 1 aliphatic heterocycles. The Bertz CT molecular complexity index is 2140. The van der Waals surface area contributed by atoms with Gasteiger partial charge in [-0.1, -0.05) is 62.7 Å². The lowest BCUT2D eigenvalue weighted by Crippen LogP contribution is -2.49. The van der Waals surface area contributed by atoms with Crippen molar-refractivity contribution in [1.29, 1.82) is 5.41 Å². The summed E-state index contributed by atoms with van der Waals surface area (Å²) in [5.74, 6) is -0.316. The first kappa shape index (κ1) is 38.5. The van der Waals surface area contributed by atoms with Gasteiger partial charge in [0.2, 0.25) is 0 Å². The van der Waals surface area contributed by atoms with Gasteiger partial charge in [0.1, 0.15) is 47.6 Å². The van der Waals surface area contributed by atoms with Crippen LogP contribution >= 0.6 is 11.6 Å². The second-order valence-corrected chi connectivity index (χ2v) is 17.4. The Morgan fingerprint density at radius 1 is 1.09 bits per heavy atom. The van der Waals surface area contributed by atoms with E-state index in [9.17, 15) is 23.4 Å². The molecule has 3 aliphatic rings. The van der Waals surface area contributed by atoms with Crippen LogP contribution in [-0.2, 0) is 20.3 Å². The van der Waals surface area contributed by atoms with Crippen LogP contribution < -0.4 is 10.6 Å². The Hall–Kier alpha value is -4.73. The summed E-state index contributed by atoms with van der Waals surface area (Å²) in [6.45, 7) is 5.41. The van der Waals surface area contributed by atoms with Gasteiger partial charge in [0.25, 0.3) is 5.91 Å². The molecule has 12 nitrogen and oxygen atoms in total. The van der Waals surface area contributed by atoms with E-state index in [2.05, 4.69) is 20.5 Å². The topological polar surface area (TPSA) is 143 Å². The van der Waals surface area contributed by atoms with Crippen molar-refractivity contribution >= 4 is 53.1 Å². The van der Waals surface area contributed by atoms with Crippen LogP contribution in [0.2, 0.25) is 5.02 Å². The number of nitrogens with one attached hydrogen (secondary N) is 3. The van der Waals surface area contributed by atoms with Gasteiger partial charge < -0.3 is 15.4 Å². The zero-order valence-electron chi connectivity index (χ0n) is 31.6. The average molecular weight is 774 g/mol. The minimum Gasteiger partial charge on any atom is -0.447 e. The normalized spacial score (nSPS) is 20.3. The summed E-state index contributed by atoms with van der Waals surface area (Å²) in [6, 6.07) is 11.8. The number of hydrogen-bond acceptors (Lipinski definition) is 7. The number of carbonyl (C=O) groups is 2. The Morgan fingerprint density at radius 3 is 2.38 bits per heavy atom. The lowest BCUT2D eigenvalue weighted by Gasteiger charge is -2.35. The summed E-state index contributed by atoms with van der Waals surface area (Å²) >= 11 is 6.73. The molecule has 55 heavy (non-hydrogen) atoms. The monoisotopic (exact) mass is 773 g/mol. The van der Waals surface area contributed by atoms with Gasteiger partial charge in [-0.25, -0.2) is 9.78 Å².